The second-order valence-electron chi connectivity index (χ2n) is 4.91. The van der Waals surface area contributed by atoms with Crippen LogP contribution >= 0.6 is 15.9 Å². The Kier molecular flexibility index (Phi) is 2.99. The Morgan fingerprint density at radius 3 is 3.22 bits per heavy atom. The highest BCUT2D eigenvalue weighted by atomic mass is 79.9. The van der Waals surface area contributed by atoms with Gasteiger partial charge in [-0.15, -0.1) is 0 Å². The number of aromatic nitrogens is 3. The lowest BCUT2D eigenvalue weighted by atomic mass is 9.95. The third-order valence-electron chi connectivity index (χ3n) is 3.20. The van der Waals surface area contributed by atoms with Gasteiger partial charge in [0.1, 0.15) is 4.60 Å². The number of nitrogens with zero attached hydrogens (tertiary/aromatic N) is 3. The van der Waals surface area contributed by atoms with E-state index in [1.54, 1.807) is 6.20 Å². The highest BCUT2D eigenvalue weighted by Gasteiger charge is 2.28. The maximum absolute atomic E-state index is 5.55. The molecule has 5 nitrogen and oxygen atoms in total. The summed E-state index contributed by atoms with van der Waals surface area (Å²) in [7, 11) is 0. The molecule has 1 N–H and O–H groups in total. The summed E-state index contributed by atoms with van der Waals surface area (Å²) in [5, 5.41) is 3.48. The number of imidazole rings is 1. The molecule has 0 amide bonds. The number of ether oxygens (including phenoxy) is 1. The first-order valence-corrected chi connectivity index (χ1v) is 6.81. The van der Waals surface area contributed by atoms with E-state index in [1.807, 2.05) is 16.8 Å². The van der Waals surface area contributed by atoms with Crippen molar-refractivity contribution in [3.63, 3.8) is 0 Å². The summed E-state index contributed by atoms with van der Waals surface area (Å²) < 4.78 is 8.29. The van der Waals surface area contributed by atoms with Crippen molar-refractivity contribution in [2.24, 2.45) is 0 Å². The van der Waals surface area contributed by atoms with Crippen LogP contribution in [0.4, 0.5) is 5.82 Å². The molecule has 1 atom stereocenters. The molecule has 0 aromatic carbocycles. The maximum Gasteiger partial charge on any atom is 0.180 e. The fourth-order valence-electron chi connectivity index (χ4n) is 2.30. The van der Waals surface area contributed by atoms with Crippen LogP contribution in [0.15, 0.2) is 23.2 Å². The van der Waals surface area contributed by atoms with Crippen LogP contribution in [0.2, 0.25) is 0 Å². The van der Waals surface area contributed by atoms with E-state index < -0.39 is 0 Å². The Hall–Kier alpha value is -1.14. The van der Waals surface area contributed by atoms with Gasteiger partial charge in [-0.1, -0.05) is 0 Å². The highest BCUT2D eigenvalue weighted by Crippen LogP contribution is 2.26. The average Bonchev–Trinajstić information content (AvgIpc) is 2.77. The van der Waals surface area contributed by atoms with Gasteiger partial charge in [0.2, 0.25) is 0 Å². The van der Waals surface area contributed by atoms with E-state index in [9.17, 15) is 0 Å². The zero-order chi connectivity index (χ0) is 12.6. The van der Waals surface area contributed by atoms with Crippen molar-refractivity contribution in [2.75, 3.05) is 18.5 Å². The predicted molar refractivity (Wildman–Crippen MR) is 72.8 cm³/mol. The number of hydrogen-bond donors (Lipinski definition) is 1. The molecule has 0 aliphatic carbocycles. The van der Waals surface area contributed by atoms with E-state index >= 15 is 0 Å². The van der Waals surface area contributed by atoms with Crippen LogP contribution in [0.1, 0.15) is 19.8 Å². The summed E-state index contributed by atoms with van der Waals surface area (Å²) in [6.07, 6.45) is 7.73. The van der Waals surface area contributed by atoms with Gasteiger partial charge in [0, 0.05) is 25.2 Å². The monoisotopic (exact) mass is 310 g/mol. The highest BCUT2D eigenvalue weighted by molar-refractivity contribution is 9.10. The summed E-state index contributed by atoms with van der Waals surface area (Å²) >= 11 is 3.42. The van der Waals surface area contributed by atoms with Crippen LogP contribution in [0.3, 0.4) is 0 Å². The molecule has 3 heterocycles. The fraction of sp³-hybridized carbons (Fsp3) is 0.500. The van der Waals surface area contributed by atoms with E-state index in [4.69, 9.17) is 4.74 Å². The maximum atomic E-state index is 5.55. The lowest BCUT2D eigenvalue weighted by molar-refractivity contribution is 0.0539. The van der Waals surface area contributed by atoms with Crippen LogP contribution in [0, 0.1) is 0 Å². The van der Waals surface area contributed by atoms with E-state index in [-0.39, 0.29) is 5.54 Å². The van der Waals surface area contributed by atoms with Crippen LogP contribution in [-0.4, -0.2) is 33.1 Å². The van der Waals surface area contributed by atoms with Gasteiger partial charge in [-0.25, -0.2) is 9.97 Å². The molecule has 1 fully saturated rings. The molecule has 0 spiro atoms. The minimum Gasteiger partial charge on any atom is -0.379 e. The van der Waals surface area contributed by atoms with Crippen molar-refractivity contribution in [3.05, 3.63) is 23.2 Å². The number of rotatable bonds is 2. The van der Waals surface area contributed by atoms with Crippen LogP contribution in [0.25, 0.3) is 5.65 Å². The molecular formula is C12H15BrN4O. The third kappa shape index (κ3) is 2.22. The molecule has 3 rings (SSSR count). The van der Waals surface area contributed by atoms with Crippen molar-refractivity contribution in [1.29, 1.82) is 0 Å². The zero-order valence-electron chi connectivity index (χ0n) is 10.2. The number of halogens is 1. The summed E-state index contributed by atoms with van der Waals surface area (Å²) in [5.74, 6) is 0.794. The van der Waals surface area contributed by atoms with E-state index in [0.29, 0.717) is 6.61 Å². The van der Waals surface area contributed by atoms with Gasteiger partial charge in [-0.05, 0) is 35.7 Å². The van der Waals surface area contributed by atoms with E-state index in [2.05, 4.69) is 38.1 Å². The van der Waals surface area contributed by atoms with Gasteiger partial charge in [0.05, 0.1) is 12.1 Å². The Balaban J connectivity index is 1.96. The van der Waals surface area contributed by atoms with Crippen LogP contribution < -0.4 is 5.32 Å². The normalized spacial score (nSPS) is 24.3. The molecule has 6 heteroatoms. The number of fused-ring (bicyclic) bond motifs is 1. The van der Waals surface area contributed by atoms with Gasteiger partial charge in [0.15, 0.2) is 11.5 Å². The van der Waals surface area contributed by atoms with Crippen molar-refractivity contribution < 1.29 is 4.74 Å². The van der Waals surface area contributed by atoms with Gasteiger partial charge in [0.25, 0.3) is 0 Å². The zero-order valence-corrected chi connectivity index (χ0v) is 11.8. The summed E-state index contributed by atoms with van der Waals surface area (Å²) in [6, 6.07) is 0. The molecule has 0 saturated carbocycles. The third-order valence-corrected chi connectivity index (χ3v) is 3.58. The molecule has 2 aromatic heterocycles. The van der Waals surface area contributed by atoms with Gasteiger partial charge in [-0.2, -0.15) is 0 Å². The Labute approximate surface area is 114 Å². The Morgan fingerprint density at radius 1 is 1.56 bits per heavy atom. The van der Waals surface area contributed by atoms with E-state index in [1.165, 1.54) is 0 Å². The summed E-state index contributed by atoms with van der Waals surface area (Å²) in [6.45, 7) is 3.71. The van der Waals surface area contributed by atoms with Crippen LogP contribution in [-0.2, 0) is 4.74 Å². The average molecular weight is 311 g/mol. The van der Waals surface area contributed by atoms with Crippen LogP contribution in [0.5, 0.6) is 0 Å². The molecule has 96 valence electrons. The Bertz CT molecular complexity index is 562. The molecule has 0 radical (unpaired) electrons. The molecule has 0 bridgehead atoms. The topological polar surface area (TPSA) is 51.5 Å². The Morgan fingerprint density at radius 2 is 2.44 bits per heavy atom. The first-order chi connectivity index (χ1) is 8.66. The molecule has 1 aliphatic heterocycles. The molecule has 2 aromatic rings. The van der Waals surface area contributed by atoms with E-state index in [0.717, 1.165) is 35.5 Å². The smallest absolute Gasteiger partial charge is 0.180 e. The summed E-state index contributed by atoms with van der Waals surface area (Å²) in [4.78, 5) is 8.81. The lowest BCUT2D eigenvalue weighted by Crippen LogP contribution is -2.43. The minimum absolute atomic E-state index is 0.0709. The van der Waals surface area contributed by atoms with Gasteiger partial charge in [-0.3, -0.25) is 0 Å². The van der Waals surface area contributed by atoms with Gasteiger partial charge < -0.3 is 14.5 Å². The molecule has 1 saturated heterocycles. The minimum atomic E-state index is -0.0709. The largest absolute Gasteiger partial charge is 0.379 e. The molecule has 18 heavy (non-hydrogen) atoms. The number of hydrogen-bond acceptors (Lipinski definition) is 4. The lowest BCUT2D eigenvalue weighted by Gasteiger charge is -2.34. The van der Waals surface area contributed by atoms with Crippen molar-refractivity contribution in [1.82, 2.24) is 14.4 Å². The quantitative estimate of drug-likeness (QED) is 0.926. The summed E-state index contributed by atoms with van der Waals surface area (Å²) in [5.41, 5.74) is 0.767. The molecule has 1 aliphatic rings. The fourth-order valence-corrected chi connectivity index (χ4v) is 2.70. The van der Waals surface area contributed by atoms with Crippen molar-refractivity contribution in [3.8, 4) is 0 Å². The molecular weight excluding hydrogens is 296 g/mol. The second kappa shape index (κ2) is 4.51. The number of anilines is 1. The predicted octanol–water partition coefficient (Wildman–Crippen LogP) is 2.47. The standard InChI is InChI=1S/C12H15BrN4O/c1-12(3-2-6-18-8-12)16-10-11-14-4-5-17(11)7-9(13)15-10/h4-5,7H,2-3,6,8H2,1H3,(H,15,16). The first-order valence-electron chi connectivity index (χ1n) is 6.01. The first kappa shape index (κ1) is 11.9. The second-order valence-corrected chi connectivity index (χ2v) is 5.72. The molecule has 1 unspecified atom stereocenters. The number of nitrogens with one attached hydrogen (secondary N) is 1. The SMILES string of the molecule is CC1(Nc2nc(Br)cn3ccnc23)CCCOC1. The van der Waals surface area contributed by atoms with Crippen molar-refractivity contribution in [2.45, 2.75) is 25.3 Å². The van der Waals surface area contributed by atoms with Crippen molar-refractivity contribution >= 4 is 27.4 Å². The van der Waals surface area contributed by atoms with Gasteiger partial charge >= 0.3 is 0 Å².